The summed E-state index contributed by atoms with van der Waals surface area (Å²) in [6.07, 6.45) is 3.55. The maximum Gasteiger partial charge on any atom is 0.271 e. The second-order valence-corrected chi connectivity index (χ2v) is 8.37. The molecular formula is C21H34ClN5O2S. The second-order valence-electron chi connectivity index (χ2n) is 6.59. The molecule has 0 saturated heterocycles. The molecule has 9 heteroatoms. The number of aliphatic hydroxyl groups is 1. The third-order valence-corrected chi connectivity index (χ3v) is 5.53. The number of rotatable bonds is 14. The predicted octanol–water partition coefficient (Wildman–Crippen LogP) is 2.54. The minimum absolute atomic E-state index is 0.236. The van der Waals surface area contributed by atoms with Gasteiger partial charge >= 0.3 is 0 Å². The first-order valence-corrected chi connectivity index (χ1v) is 11.4. The van der Waals surface area contributed by atoms with Crippen LogP contribution in [0.5, 0.6) is 0 Å². The molecule has 1 amide bonds. The molecule has 0 aliphatic rings. The first kappa shape index (κ1) is 26.0. The number of nitrogens with zero attached hydrogens (tertiary/aromatic N) is 1. The van der Waals surface area contributed by atoms with Gasteiger partial charge in [0.05, 0.1) is 0 Å². The van der Waals surface area contributed by atoms with Crippen molar-refractivity contribution in [2.75, 3.05) is 32.6 Å². The highest BCUT2D eigenvalue weighted by molar-refractivity contribution is 8.03. The van der Waals surface area contributed by atoms with Gasteiger partial charge in [-0.3, -0.25) is 4.79 Å². The van der Waals surface area contributed by atoms with Gasteiger partial charge in [-0.25, -0.2) is 0 Å². The summed E-state index contributed by atoms with van der Waals surface area (Å²) in [6, 6.07) is 7.55. The average molecular weight is 456 g/mol. The van der Waals surface area contributed by atoms with E-state index in [4.69, 9.17) is 17.3 Å². The molecule has 0 aliphatic heterocycles. The number of carbonyl (C=O) groups excluding carboxylic acids is 1. The Labute approximate surface area is 189 Å². The Bertz CT molecular complexity index is 710. The zero-order chi connectivity index (χ0) is 22.4. The van der Waals surface area contributed by atoms with Gasteiger partial charge in [-0.1, -0.05) is 37.1 Å². The predicted molar refractivity (Wildman–Crippen MR) is 126 cm³/mol. The number of halogens is 1. The van der Waals surface area contributed by atoms with E-state index in [0.717, 1.165) is 29.1 Å². The van der Waals surface area contributed by atoms with Crippen molar-refractivity contribution in [1.82, 2.24) is 20.9 Å². The van der Waals surface area contributed by atoms with E-state index in [1.54, 1.807) is 25.0 Å². The summed E-state index contributed by atoms with van der Waals surface area (Å²) in [6.45, 7) is 5.58. The molecule has 1 rings (SSSR count). The number of amides is 1. The number of thioether (sulfide) groups is 1. The highest BCUT2D eigenvalue weighted by Crippen LogP contribution is 2.19. The second kappa shape index (κ2) is 14.9. The average Bonchev–Trinajstić information content (AvgIpc) is 2.75. The largest absolute Gasteiger partial charge is 0.404 e. The van der Waals surface area contributed by atoms with Crippen molar-refractivity contribution in [2.24, 2.45) is 5.73 Å². The van der Waals surface area contributed by atoms with E-state index in [1.165, 1.54) is 0 Å². The van der Waals surface area contributed by atoms with E-state index in [-0.39, 0.29) is 12.6 Å². The number of unbranched alkanes of at least 4 members (excludes halogenated alkanes) is 1. The Morgan fingerprint density at radius 2 is 2.00 bits per heavy atom. The van der Waals surface area contributed by atoms with Crippen molar-refractivity contribution < 1.29 is 9.90 Å². The molecule has 0 spiro atoms. The van der Waals surface area contributed by atoms with Crippen LogP contribution in [0, 0.1) is 0 Å². The molecule has 6 N–H and O–H groups in total. The van der Waals surface area contributed by atoms with Crippen LogP contribution in [0.3, 0.4) is 0 Å². The van der Waals surface area contributed by atoms with Crippen molar-refractivity contribution in [3.8, 4) is 0 Å². The number of aliphatic hydroxyl groups excluding tert-OH is 1. The van der Waals surface area contributed by atoms with Crippen LogP contribution < -0.4 is 21.7 Å². The lowest BCUT2D eigenvalue weighted by atomic mass is 10.2. The Morgan fingerprint density at radius 3 is 2.57 bits per heavy atom. The Kier molecular flexibility index (Phi) is 12.9. The Hall–Kier alpha value is -2.03. The topological polar surface area (TPSA) is 103 Å². The minimum atomic E-state index is -0.284. The molecule has 0 fully saturated rings. The van der Waals surface area contributed by atoms with E-state index in [9.17, 15) is 9.90 Å². The molecule has 168 valence electrons. The summed E-state index contributed by atoms with van der Waals surface area (Å²) in [5, 5.41) is 19.1. The number of hydrogen-bond acceptors (Lipinski definition) is 7. The molecule has 0 aromatic heterocycles. The molecule has 30 heavy (non-hydrogen) atoms. The molecule has 0 radical (unpaired) electrons. The van der Waals surface area contributed by atoms with Gasteiger partial charge in [0.15, 0.2) is 0 Å². The highest BCUT2D eigenvalue weighted by atomic mass is 35.5. The summed E-state index contributed by atoms with van der Waals surface area (Å²) in [5.74, 6) is 1.02. The lowest BCUT2D eigenvalue weighted by Gasteiger charge is -2.29. The van der Waals surface area contributed by atoms with Crippen LogP contribution >= 0.6 is 23.4 Å². The lowest BCUT2D eigenvalue weighted by Crippen LogP contribution is -2.41. The summed E-state index contributed by atoms with van der Waals surface area (Å²) < 4.78 is 0. The number of likely N-dealkylation sites (N-methyl/N-ethyl adjacent to an activating group) is 1. The SMILES string of the molecule is CCCCN/C(NCO)=C(\C(=O)NC)N(CCS/C(C)=C\N)Cc1ccc(Cl)cc1. The zero-order valence-electron chi connectivity index (χ0n) is 18.0. The molecule has 0 atom stereocenters. The van der Waals surface area contributed by atoms with Crippen LogP contribution in [-0.2, 0) is 11.3 Å². The van der Waals surface area contributed by atoms with Crippen LogP contribution in [0.15, 0.2) is 46.9 Å². The third-order valence-electron chi connectivity index (χ3n) is 4.30. The van der Waals surface area contributed by atoms with Crippen LogP contribution in [0.4, 0.5) is 0 Å². The molecule has 0 heterocycles. The standard InChI is InChI=1S/C21H34ClN5O2S/c1-4-5-10-25-20(26-15-28)19(21(29)24-3)27(11-12-30-16(2)13-23)14-17-6-8-18(22)9-7-17/h6-9,13,25-26,28H,4-5,10-12,14-15,23H2,1-3H3,(H,24,29)/b16-13-,20-19-. The zero-order valence-corrected chi connectivity index (χ0v) is 19.6. The van der Waals surface area contributed by atoms with Gasteiger partial charge in [0.1, 0.15) is 18.2 Å². The summed E-state index contributed by atoms with van der Waals surface area (Å²) in [5.41, 5.74) is 7.06. The van der Waals surface area contributed by atoms with Gasteiger partial charge in [-0.2, -0.15) is 0 Å². The van der Waals surface area contributed by atoms with Gasteiger partial charge in [-0.05, 0) is 35.9 Å². The van der Waals surface area contributed by atoms with Gasteiger partial charge in [0, 0.05) is 43.7 Å². The first-order chi connectivity index (χ1) is 14.5. The van der Waals surface area contributed by atoms with Crippen LogP contribution in [0.25, 0.3) is 0 Å². The number of nitrogens with one attached hydrogen (secondary N) is 3. The van der Waals surface area contributed by atoms with E-state index < -0.39 is 0 Å². The lowest BCUT2D eigenvalue weighted by molar-refractivity contribution is -0.118. The van der Waals surface area contributed by atoms with Crippen molar-refractivity contribution in [1.29, 1.82) is 0 Å². The van der Waals surface area contributed by atoms with E-state index in [2.05, 4.69) is 22.9 Å². The normalized spacial score (nSPS) is 12.2. The Balaban J connectivity index is 3.26. The number of hydrogen-bond donors (Lipinski definition) is 5. The highest BCUT2D eigenvalue weighted by Gasteiger charge is 2.22. The fourth-order valence-electron chi connectivity index (χ4n) is 2.68. The molecule has 0 unspecified atom stereocenters. The fourth-order valence-corrected chi connectivity index (χ4v) is 3.53. The van der Waals surface area contributed by atoms with E-state index in [0.29, 0.717) is 36.2 Å². The third kappa shape index (κ3) is 9.19. The molecule has 1 aromatic carbocycles. The quantitative estimate of drug-likeness (QED) is 0.167. The summed E-state index contributed by atoms with van der Waals surface area (Å²) in [4.78, 5) is 15.9. The number of carbonyl (C=O) groups is 1. The minimum Gasteiger partial charge on any atom is -0.404 e. The van der Waals surface area contributed by atoms with E-state index >= 15 is 0 Å². The molecular weight excluding hydrogens is 422 g/mol. The van der Waals surface area contributed by atoms with Crippen molar-refractivity contribution in [3.63, 3.8) is 0 Å². The maximum absolute atomic E-state index is 12.9. The first-order valence-electron chi connectivity index (χ1n) is 10.0. The number of nitrogens with two attached hydrogens (primary N) is 1. The van der Waals surface area contributed by atoms with Crippen LogP contribution in [0.1, 0.15) is 32.3 Å². The molecule has 1 aromatic rings. The van der Waals surface area contributed by atoms with Crippen LogP contribution in [-0.4, -0.2) is 48.5 Å². The molecule has 0 saturated carbocycles. The summed E-state index contributed by atoms with van der Waals surface area (Å²) in [7, 11) is 1.60. The monoisotopic (exact) mass is 455 g/mol. The fraction of sp³-hybridized carbons (Fsp3) is 0.476. The van der Waals surface area contributed by atoms with E-state index in [1.807, 2.05) is 36.1 Å². The van der Waals surface area contributed by atoms with Crippen molar-refractivity contribution in [3.05, 3.63) is 57.5 Å². The number of benzene rings is 1. The molecule has 7 nitrogen and oxygen atoms in total. The van der Waals surface area contributed by atoms with Crippen LogP contribution in [0.2, 0.25) is 5.02 Å². The number of allylic oxidation sites excluding steroid dienone is 1. The molecule has 0 bridgehead atoms. The van der Waals surface area contributed by atoms with Crippen molar-refractivity contribution >= 4 is 29.3 Å². The smallest absolute Gasteiger partial charge is 0.271 e. The maximum atomic E-state index is 12.9. The Morgan fingerprint density at radius 1 is 1.30 bits per heavy atom. The van der Waals surface area contributed by atoms with Gasteiger partial charge < -0.3 is 31.7 Å². The van der Waals surface area contributed by atoms with Crippen molar-refractivity contribution in [2.45, 2.75) is 33.2 Å². The van der Waals surface area contributed by atoms with Gasteiger partial charge in [-0.15, -0.1) is 11.8 Å². The molecule has 0 aliphatic carbocycles. The summed E-state index contributed by atoms with van der Waals surface area (Å²) >= 11 is 7.65. The van der Waals surface area contributed by atoms with Gasteiger partial charge in [0.25, 0.3) is 5.91 Å². The van der Waals surface area contributed by atoms with Gasteiger partial charge in [0.2, 0.25) is 0 Å².